The van der Waals surface area contributed by atoms with Crippen molar-refractivity contribution in [2.24, 2.45) is 10.7 Å². The van der Waals surface area contributed by atoms with Crippen LogP contribution in [-0.4, -0.2) is 121 Å². The molecule has 3 rings (SSSR count). The van der Waals surface area contributed by atoms with E-state index < -0.39 is 48.9 Å². The quantitative estimate of drug-likeness (QED) is 0.0334. The van der Waals surface area contributed by atoms with E-state index in [1.165, 1.54) is 0 Å². The van der Waals surface area contributed by atoms with Gasteiger partial charge in [-0.15, -0.1) is 0 Å². The van der Waals surface area contributed by atoms with Gasteiger partial charge in [-0.3, -0.25) is 19.9 Å². The molecular weight excluding hydrogens is 750 g/mol. The van der Waals surface area contributed by atoms with Crippen molar-refractivity contribution in [3.63, 3.8) is 0 Å². The predicted octanol–water partition coefficient (Wildman–Crippen LogP) is -0.273. The number of carboxylic acid groups (broad SMARTS) is 1. The summed E-state index contributed by atoms with van der Waals surface area (Å²) in [7, 11) is 0. The number of rotatable bonds is 23. The highest BCUT2D eigenvalue weighted by Crippen LogP contribution is 2.22. The number of carbonyl (C=O) groups is 3. The Balaban J connectivity index is 1.33. The number of nitrogens with two attached hydrogens (primary N) is 3. The second kappa shape index (κ2) is 23.2. The fraction of sp³-hybridized carbons (Fsp3) is 0.459. The zero-order valence-electron chi connectivity index (χ0n) is 30.9. The zero-order chi connectivity index (χ0) is 41.2. The number of aliphatic hydroxyl groups is 5. The number of carboxylic acids is 1. The molecule has 0 aliphatic carbocycles. The van der Waals surface area contributed by atoms with Crippen molar-refractivity contribution in [2.75, 3.05) is 37.7 Å². The van der Waals surface area contributed by atoms with Crippen LogP contribution in [0.3, 0.4) is 0 Å². The Bertz CT molecular complexity index is 1750. The van der Waals surface area contributed by atoms with E-state index in [0.29, 0.717) is 32.4 Å². The van der Waals surface area contributed by atoms with Crippen molar-refractivity contribution >= 4 is 47.0 Å². The monoisotopic (exact) mass is 801 g/mol. The first kappa shape index (κ1) is 45.4. The maximum Gasteiger partial charge on any atom is 0.326 e. The molecule has 0 aliphatic rings. The Morgan fingerprint density at radius 1 is 0.804 bits per heavy atom. The van der Waals surface area contributed by atoms with E-state index in [1.807, 2.05) is 36.4 Å². The number of anilines is 2. The number of aromatic nitrogens is 2. The normalized spacial score (nSPS) is 14.4. The average Bonchev–Trinajstić information content (AvgIpc) is 3.18. The molecule has 0 radical (unpaired) electrons. The number of aliphatic hydroxyl groups excluding tert-OH is 5. The zero-order valence-corrected chi connectivity index (χ0v) is 31.6. The van der Waals surface area contributed by atoms with Crippen LogP contribution in [0, 0.1) is 0 Å². The number of aliphatic carboxylic acids is 1. The molecule has 2 amide bonds. The van der Waals surface area contributed by atoms with Crippen LogP contribution >= 0.6 is 11.6 Å². The number of nitrogens with one attached hydrogen (secondary N) is 3. The van der Waals surface area contributed by atoms with E-state index >= 15 is 0 Å². The summed E-state index contributed by atoms with van der Waals surface area (Å²) in [5.74, 6) is -2.56. The van der Waals surface area contributed by atoms with Gasteiger partial charge in [0.2, 0.25) is 5.91 Å². The van der Waals surface area contributed by atoms with Crippen molar-refractivity contribution in [1.29, 1.82) is 0 Å². The molecule has 1 aromatic heterocycles. The van der Waals surface area contributed by atoms with E-state index in [9.17, 15) is 39.9 Å². The molecule has 0 unspecified atom stereocenters. The van der Waals surface area contributed by atoms with Crippen LogP contribution in [0.2, 0.25) is 5.15 Å². The molecule has 3 aromatic rings. The van der Waals surface area contributed by atoms with Gasteiger partial charge in [-0.1, -0.05) is 60.1 Å². The first-order valence-corrected chi connectivity index (χ1v) is 18.5. The van der Waals surface area contributed by atoms with Gasteiger partial charge in [0, 0.05) is 19.5 Å². The minimum atomic E-state index is -1.71. The summed E-state index contributed by atoms with van der Waals surface area (Å²) in [6.07, 6.45) is -2.23. The minimum absolute atomic E-state index is 0.0825. The van der Waals surface area contributed by atoms with Crippen molar-refractivity contribution in [3.8, 4) is 11.1 Å². The lowest BCUT2D eigenvalue weighted by molar-refractivity contribution is -0.142. The number of guanidine groups is 1. The number of nitrogen functional groups attached to an aromatic ring is 2. The lowest BCUT2D eigenvalue weighted by Crippen LogP contribution is -2.49. The summed E-state index contributed by atoms with van der Waals surface area (Å²) in [5.41, 5.74) is 21.0. The topological polar surface area (TPSA) is 325 Å². The number of aryl methyl sites for hydroxylation is 2. The molecule has 5 atom stereocenters. The summed E-state index contributed by atoms with van der Waals surface area (Å²) >= 11 is 5.82. The Labute approximate surface area is 329 Å². The van der Waals surface area contributed by atoms with Crippen LogP contribution < -0.4 is 33.2 Å². The number of hydrogen-bond acceptors (Lipinski definition) is 14. The number of hydrogen-bond donors (Lipinski definition) is 12. The lowest BCUT2D eigenvalue weighted by Gasteiger charge is -2.25. The van der Waals surface area contributed by atoms with Crippen LogP contribution in [0.25, 0.3) is 11.1 Å². The molecule has 0 spiro atoms. The van der Waals surface area contributed by atoms with Crippen molar-refractivity contribution in [3.05, 3.63) is 70.5 Å². The summed E-state index contributed by atoms with van der Waals surface area (Å²) in [5, 5.41) is 65.0. The molecule has 1 heterocycles. The highest BCUT2D eigenvalue weighted by molar-refractivity contribution is 6.31. The molecule has 18 nitrogen and oxygen atoms in total. The molecule has 56 heavy (non-hydrogen) atoms. The van der Waals surface area contributed by atoms with E-state index in [2.05, 4.69) is 43.0 Å². The highest BCUT2D eigenvalue weighted by Gasteiger charge is 2.29. The first-order chi connectivity index (χ1) is 26.7. The summed E-state index contributed by atoms with van der Waals surface area (Å²) < 4.78 is 0. The van der Waals surface area contributed by atoms with E-state index in [4.69, 9.17) is 33.9 Å². The fourth-order valence-corrected chi connectivity index (χ4v) is 5.63. The van der Waals surface area contributed by atoms with E-state index in [1.54, 1.807) is 0 Å². The number of amides is 2. The van der Waals surface area contributed by atoms with Crippen LogP contribution in [0.4, 0.5) is 11.6 Å². The summed E-state index contributed by atoms with van der Waals surface area (Å²) in [6, 6.07) is 15.0. The van der Waals surface area contributed by atoms with Gasteiger partial charge in [0.25, 0.3) is 5.91 Å². The summed E-state index contributed by atoms with van der Waals surface area (Å²) in [6.45, 7) is -0.0877. The number of halogens is 1. The van der Waals surface area contributed by atoms with Gasteiger partial charge >= 0.3 is 5.97 Å². The predicted molar refractivity (Wildman–Crippen MR) is 210 cm³/mol. The van der Waals surface area contributed by atoms with Crippen molar-refractivity contribution in [1.82, 2.24) is 25.9 Å². The van der Waals surface area contributed by atoms with Gasteiger partial charge in [0.15, 0.2) is 28.4 Å². The SMILES string of the molecule is NC(=NCCCCc1ccc(-c2ccc(CCC(=O)N[C@@H](CCCCNC[C@H](O)[C@@H](O)[C@H](O)[C@H](O)CO)C(=O)O)cc2)cc1)NC(=O)c1nc(Cl)c(N)nc1N. The number of carbonyl (C=O) groups excluding carboxylic acids is 2. The van der Waals surface area contributed by atoms with Gasteiger partial charge < -0.3 is 58.5 Å². The van der Waals surface area contributed by atoms with E-state index in [0.717, 1.165) is 41.5 Å². The van der Waals surface area contributed by atoms with Gasteiger partial charge in [-0.05, 0) is 73.7 Å². The van der Waals surface area contributed by atoms with Crippen LogP contribution in [0.1, 0.15) is 60.1 Å². The molecule has 0 bridgehead atoms. The Morgan fingerprint density at radius 3 is 2.02 bits per heavy atom. The molecule has 0 aliphatic heterocycles. The molecule has 306 valence electrons. The third-order valence-corrected chi connectivity index (χ3v) is 9.09. The van der Waals surface area contributed by atoms with Crippen molar-refractivity contribution < 1.29 is 45.0 Å². The molecule has 0 saturated heterocycles. The molecule has 2 aromatic carbocycles. The molecule has 0 saturated carbocycles. The maximum atomic E-state index is 12.6. The Hall–Kier alpha value is -4.95. The van der Waals surface area contributed by atoms with Crippen molar-refractivity contribution in [2.45, 2.75) is 81.8 Å². The number of benzene rings is 2. The molecule has 15 N–H and O–H groups in total. The largest absolute Gasteiger partial charge is 0.480 e. The van der Waals surface area contributed by atoms with Gasteiger partial charge in [0.05, 0.1) is 12.7 Å². The number of nitrogens with zero attached hydrogens (tertiary/aromatic N) is 3. The summed E-state index contributed by atoms with van der Waals surface area (Å²) in [4.78, 5) is 48.4. The Kier molecular flexibility index (Phi) is 18.8. The second-order valence-electron chi connectivity index (χ2n) is 13.2. The van der Waals surface area contributed by atoms with Gasteiger partial charge in [-0.25, -0.2) is 14.8 Å². The highest BCUT2D eigenvalue weighted by atomic mass is 35.5. The molecule has 19 heteroatoms. The van der Waals surface area contributed by atoms with Gasteiger partial charge in [0.1, 0.15) is 24.4 Å². The van der Waals surface area contributed by atoms with Crippen LogP contribution in [0.15, 0.2) is 53.5 Å². The lowest BCUT2D eigenvalue weighted by atomic mass is 9.99. The molecule has 0 fully saturated rings. The Morgan fingerprint density at radius 2 is 1.41 bits per heavy atom. The third kappa shape index (κ3) is 14.9. The average molecular weight is 802 g/mol. The van der Waals surface area contributed by atoms with Gasteiger partial charge in [-0.2, -0.15) is 0 Å². The fourth-order valence-electron chi connectivity index (χ4n) is 5.51. The number of unbranched alkanes of at least 4 members (excludes halogenated alkanes) is 2. The van der Waals surface area contributed by atoms with Crippen LogP contribution in [0.5, 0.6) is 0 Å². The van der Waals surface area contributed by atoms with Crippen LogP contribution in [-0.2, 0) is 22.4 Å². The first-order valence-electron chi connectivity index (χ1n) is 18.1. The standard InChI is InChI=1S/C37H52ClN9O9/c38-32-34(40)46-33(39)29(45-32)35(54)47-37(41)43-18-4-1-5-21-7-12-23(13-8-21)24-14-9-22(10-15-24)11-16-28(51)44-25(36(55)56)6-2-3-17-42-19-26(49)30(52)31(53)27(50)20-48/h7-10,12-15,25-27,30-31,42,48-50,52-53H,1-6,11,16-20H2,(H,44,51)(H,55,56)(H4,39,40,46)(H3,41,43,47,54)/t25-,26-,27+,30+,31+/m0/s1. The number of aliphatic imine (C=N–C) groups is 1. The third-order valence-electron chi connectivity index (χ3n) is 8.81. The van der Waals surface area contributed by atoms with E-state index in [-0.39, 0.29) is 53.7 Å². The molecular formula is C37H52ClN9O9. The minimum Gasteiger partial charge on any atom is -0.480 e. The smallest absolute Gasteiger partial charge is 0.326 e. The second-order valence-corrected chi connectivity index (χ2v) is 13.5. The maximum absolute atomic E-state index is 12.6.